The molecule has 0 aliphatic carbocycles. The minimum absolute atomic E-state index is 0.197. The van der Waals surface area contributed by atoms with Crippen molar-refractivity contribution >= 4 is 29.7 Å². The third-order valence-electron chi connectivity index (χ3n) is 5.09. The molecule has 3 amide bonds. The number of thioether (sulfide) groups is 1. The highest BCUT2D eigenvalue weighted by Crippen LogP contribution is 2.21. The number of methoxy groups -OCH3 is 1. The molecule has 0 saturated carbocycles. The SMILES string of the molecule is COc1ccc(CSC[C@@H]2NC(=O)[C@@H]2NC(=O)C(NC(=O)OC(C)(C)C)c2ccccc2)cc1. The normalized spacial score (nSPS) is 18.2. The maximum atomic E-state index is 13.1. The number of benzene rings is 2. The molecule has 1 unspecified atom stereocenters. The van der Waals surface area contributed by atoms with Crippen LogP contribution in [0.25, 0.3) is 0 Å². The number of ether oxygens (including phenoxy) is 2. The van der Waals surface area contributed by atoms with Crippen LogP contribution in [0.15, 0.2) is 54.6 Å². The van der Waals surface area contributed by atoms with Crippen molar-refractivity contribution in [2.24, 2.45) is 0 Å². The first-order valence-electron chi connectivity index (χ1n) is 11.0. The van der Waals surface area contributed by atoms with Crippen LogP contribution in [0.2, 0.25) is 0 Å². The van der Waals surface area contributed by atoms with Crippen molar-refractivity contribution in [2.45, 2.75) is 50.3 Å². The van der Waals surface area contributed by atoms with Gasteiger partial charge < -0.3 is 25.4 Å². The second-order valence-electron chi connectivity index (χ2n) is 8.95. The number of carbonyl (C=O) groups excluding carboxylic acids is 3. The molecule has 1 fully saturated rings. The number of amides is 3. The fourth-order valence-electron chi connectivity index (χ4n) is 3.38. The zero-order valence-electron chi connectivity index (χ0n) is 19.8. The van der Waals surface area contributed by atoms with Gasteiger partial charge in [0.05, 0.1) is 13.2 Å². The first kappa shape index (κ1) is 25.4. The average molecular weight is 486 g/mol. The number of carbonyl (C=O) groups is 3. The molecule has 2 aromatic rings. The highest BCUT2D eigenvalue weighted by atomic mass is 32.2. The Hall–Kier alpha value is -3.20. The van der Waals surface area contributed by atoms with Crippen molar-refractivity contribution in [1.29, 1.82) is 0 Å². The van der Waals surface area contributed by atoms with Crippen molar-refractivity contribution < 1.29 is 23.9 Å². The van der Waals surface area contributed by atoms with E-state index in [9.17, 15) is 14.4 Å². The molecule has 3 N–H and O–H groups in total. The first-order valence-corrected chi connectivity index (χ1v) is 12.2. The molecule has 0 spiro atoms. The fraction of sp³-hybridized carbons (Fsp3) is 0.400. The van der Waals surface area contributed by atoms with Crippen LogP contribution in [0.3, 0.4) is 0 Å². The molecule has 2 aromatic carbocycles. The van der Waals surface area contributed by atoms with E-state index in [0.29, 0.717) is 11.3 Å². The number of rotatable bonds is 9. The highest BCUT2D eigenvalue weighted by molar-refractivity contribution is 7.98. The van der Waals surface area contributed by atoms with Gasteiger partial charge in [-0.2, -0.15) is 11.8 Å². The Kier molecular flexibility index (Phi) is 8.44. The smallest absolute Gasteiger partial charge is 0.408 e. The van der Waals surface area contributed by atoms with Crippen LogP contribution in [-0.2, 0) is 20.1 Å². The summed E-state index contributed by atoms with van der Waals surface area (Å²) in [5.41, 5.74) is 1.03. The summed E-state index contributed by atoms with van der Waals surface area (Å²) in [6, 6.07) is 14.8. The van der Waals surface area contributed by atoms with Crippen molar-refractivity contribution in [2.75, 3.05) is 12.9 Å². The second-order valence-corrected chi connectivity index (χ2v) is 9.98. The molecule has 182 valence electrons. The Bertz CT molecular complexity index is 992. The molecule has 8 nitrogen and oxygen atoms in total. The van der Waals surface area contributed by atoms with E-state index in [-0.39, 0.29) is 11.9 Å². The van der Waals surface area contributed by atoms with E-state index in [4.69, 9.17) is 9.47 Å². The van der Waals surface area contributed by atoms with Crippen LogP contribution in [0.1, 0.15) is 37.9 Å². The van der Waals surface area contributed by atoms with Crippen LogP contribution < -0.4 is 20.7 Å². The van der Waals surface area contributed by atoms with Crippen LogP contribution in [0.4, 0.5) is 4.79 Å². The Morgan fingerprint density at radius 1 is 1.09 bits per heavy atom. The van der Waals surface area contributed by atoms with Gasteiger partial charge >= 0.3 is 6.09 Å². The lowest BCUT2D eigenvalue weighted by molar-refractivity contribution is -0.136. The topological polar surface area (TPSA) is 106 Å². The van der Waals surface area contributed by atoms with Gasteiger partial charge in [-0.1, -0.05) is 42.5 Å². The average Bonchev–Trinajstić information content (AvgIpc) is 2.80. The van der Waals surface area contributed by atoms with E-state index >= 15 is 0 Å². The van der Waals surface area contributed by atoms with Crippen molar-refractivity contribution in [3.05, 3.63) is 65.7 Å². The van der Waals surface area contributed by atoms with E-state index in [1.165, 1.54) is 0 Å². The third kappa shape index (κ3) is 7.15. The van der Waals surface area contributed by atoms with Crippen molar-refractivity contribution in [1.82, 2.24) is 16.0 Å². The molecular weight excluding hydrogens is 454 g/mol. The molecule has 0 radical (unpaired) electrons. The monoisotopic (exact) mass is 485 g/mol. The molecule has 0 bridgehead atoms. The Morgan fingerprint density at radius 2 is 1.76 bits per heavy atom. The van der Waals surface area contributed by atoms with Crippen molar-refractivity contribution in [3.63, 3.8) is 0 Å². The summed E-state index contributed by atoms with van der Waals surface area (Å²) in [7, 11) is 1.63. The number of hydrogen-bond acceptors (Lipinski definition) is 6. The van der Waals surface area contributed by atoms with E-state index in [1.807, 2.05) is 30.3 Å². The van der Waals surface area contributed by atoms with Gasteiger partial charge in [0.15, 0.2) is 0 Å². The largest absolute Gasteiger partial charge is 0.497 e. The zero-order chi connectivity index (χ0) is 24.7. The third-order valence-corrected chi connectivity index (χ3v) is 6.22. The van der Waals surface area contributed by atoms with Gasteiger partial charge in [-0.25, -0.2) is 4.79 Å². The molecule has 1 aliphatic rings. The Labute approximate surface area is 204 Å². The second kappa shape index (κ2) is 11.3. The summed E-state index contributed by atoms with van der Waals surface area (Å²) < 4.78 is 10.5. The quantitative estimate of drug-likeness (QED) is 0.471. The number of nitrogens with one attached hydrogen (secondary N) is 3. The van der Waals surface area contributed by atoms with Gasteiger partial charge in [-0.05, 0) is 44.0 Å². The highest BCUT2D eigenvalue weighted by Gasteiger charge is 2.41. The summed E-state index contributed by atoms with van der Waals surface area (Å²) >= 11 is 1.66. The van der Waals surface area contributed by atoms with Gasteiger partial charge in [0, 0.05) is 11.5 Å². The maximum Gasteiger partial charge on any atom is 0.408 e. The number of β-lactam (4-membered cyclic amide) rings is 1. The van der Waals surface area contributed by atoms with E-state index in [2.05, 4.69) is 16.0 Å². The van der Waals surface area contributed by atoms with Gasteiger partial charge in [0.1, 0.15) is 23.4 Å². The van der Waals surface area contributed by atoms with E-state index < -0.39 is 29.7 Å². The number of alkyl carbamates (subject to hydrolysis) is 1. The van der Waals surface area contributed by atoms with Gasteiger partial charge in [-0.15, -0.1) is 0 Å². The van der Waals surface area contributed by atoms with Gasteiger partial charge in [-0.3, -0.25) is 9.59 Å². The first-order chi connectivity index (χ1) is 16.2. The molecule has 3 atom stereocenters. The lowest BCUT2D eigenvalue weighted by atomic mass is 9.99. The summed E-state index contributed by atoms with van der Waals surface area (Å²) in [5, 5.41) is 8.27. The summed E-state index contributed by atoms with van der Waals surface area (Å²) in [6.07, 6.45) is -0.707. The molecule has 1 heterocycles. The molecule has 3 rings (SSSR count). The fourth-order valence-corrected chi connectivity index (χ4v) is 4.46. The van der Waals surface area contributed by atoms with Crippen LogP contribution in [-0.4, -0.2) is 48.5 Å². The lowest BCUT2D eigenvalue weighted by Crippen LogP contribution is -2.70. The van der Waals surface area contributed by atoms with Crippen LogP contribution >= 0.6 is 11.8 Å². The minimum Gasteiger partial charge on any atom is -0.497 e. The lowest BCUT2D eigenvalue weighted by Gasteiger charge is -2.37. The van der Waals surface area contributed by atoms with E-state index in [1.54, 1.807) is 63.9 Å². The predicted octanol–water partition coefficient (Wildman–Crippen LogP) is 3.18. The van der Waals surface area contributed by atoms with Gasteiger partial charge in [0.25, 0.3) is 0 Å². The summed E-state index contributed by atoms with van der Waals surface area (Å²) in [6.45, 7) is 5.24. The zero-order valence-corrected chi connectivity index (χ0v) is 20.6. The predicted molar refractivity (Wildman–Crippen MR) is 132 cm³/mol. The molecule has 34 heavy (non-hydrogen) atoms. The molecule has 1 aliphatic heterocycles. The Balaban J connectivity index is 1.59. The van der Waals surface area contributed by atoms with E-state index in [0.717, 1.165) is 17.1 Å². The van der Waals surface area contributed by atoms with Crippen LogP contribution in [0, 0.1) is 0 Å². The van der Waals surface area contributed by atoms with Gasteiger partial charge in [0.2, 0.25) is 11.8 Å². The molecule has 1 saturated heterocycles. The Morgan fingerprint density at radius 3 is 2.35 bits per heavy atom. The minimum atomic E-state index is -0.989. The standard InChI is InChI=1S/C25H31N3O5S/c1-25(2,3)33-24(31)28-20(17-8-6-5-7-9-17)22(29)27-21-19(26-23(21)30)15-34-14-16-10-12-18(32-4)13-11-16/h5-13,19-21H,14-15H2,1-4H3,(H,26,30)(H,27,29)(H,28,31)/t19-,20?,21+/m0/s1. The summed E-state index contributed by atoms with van der Waals surface area (Å²) in [4.78, 5) is 37.7. The van der Waals surface area contributed by atoms with Crippen molar-refractivity contribution in [3.8, 4) is 5.75 Å². The maximum absolute atomic E-state index is 13.1. The summed E-state index contributed by atoms with van der Waals surface area (Å²) in [5.74, 6) is 1.49. The molecular formula is C25H31N3O5S. The molecule has 9 heteroatoms. The molecule has 0 aromatic heterocycles. The number of hydrogen-bond donors (Lipinski definition) is 3. The van der Waals surface area contributed by atoms with Crippen LogP contribution in [0.5, 0.6) is 5.75 Å².